The molecule has 0 aromatic carbocycles. The van der Waals surface area contributed by atoms with Crippen LogP contribution in [-0.2, 0) is 0 Å². The molecule has 0 saturated carbocycles. The van der Waals surface area contributed by atoms with Crippen molar-refractivity contribution in [2.45, 2.75) is 25.9 Å². The lowest BCUT2D eigenvalue weighted by atomic mass is 9.97. The van der Waals surface area contributed by atoms with Gasteiger partial charge in [0.25, 0.3) is 0 Å². The Kier molecular flexibility index (Phi) is 10.7. The number of hydrogen-bond acceptors (Lipinski definition) is 5. The van der Waals surface area contributed by atoms with Gasteiger partial charge in [0.05, 0.1) is 35.0 Å². The molecule has 2 atom stereocenters. The Balaban J connectivity index is 1.81. The number of aliphatic hydroxyl groups excluding tert-OH is 1. The molecule has 3 rings (SSSR count). The van der Waals surface area contributed by atoms with Crippen LogP contribution >= 0.6 is 23.2 Å². The van der Waals surface area contributed by atoms with Crippen LogP contribution in [0.25, 0.3) is 0 Å². The molecule has 2 amide bonds. The fraction of sp³-hybridized carbons (Fsp3) is 0.321. The van der Waals surface area contributed by atoms with E-state index in [1.165, 1.54) is 6.20 Å². The first-order chi connectivity index (χ1) is 17.8. The average Bonchev–Trinajstić information content (AvgIpc) is 3.27. The summed E-state index contributed by atoms with van der Waals surface area (Å²) in [6.45, 7) is 8.25. The van der Waals surface area contributed by atoms with Gasteiger partial charge in [0.15, 0.2) is 0 Å². The Hall–Kier alpha value is -3.15. The predicted octanol–water partition coefficient (Wildman–Crippen LogP) is 5.89. The van der Waals surface area contributed by atoms with Crippen LogP contribution in [-0.4, -0.2) is 58.2 Å². The molecule has 1 aromatic rings. The lowest BCUT2D eigenvalue weighted by Crippen LogP contribution is -2.39. The van der Waals surface area contributed by atoms with E-state index in [2.05, 4.69) is 27.8 Å². The molecule has 7 nitrogen and oxygen atoms in total. The SMILES string of the molecule is C=CC(=C\C=C(/C)N(CCN1CCC(O)C1)C(=O)Nc1cnc(Cl)c(Cl)c1)/C1=C/C=C\C(C#N)C=CC1. The number of nitrogens with one attached hydrogen (secondary N) is 1. The number of rotatable bonds is 8. The summed E-state index contributed by atoms with van der Waals surface area (Å²) in [6, 6.07) is 3.45. The number of urea groups is 1. The van der Waals surface area contributed by atoms with E-state index in [0.717, 1.165) is 29.8 Å². The third-order valence-electron chi connectivity index (χ3n) is 6.15. The van der Waals surface area contributed by atoms with Crippen LogP contribution in [0.5, 0.6) is 0 Å². The third-order valence-corrected chi connectivity index (χ3v) is 6.83. The Bertz CT molecular complexity index is 1200. The molecule has 1 fully saturated rings. The summed E-state index contributed by atoms with van der Waals surface area (Å²) in [5, 5.41) is 22.3. The quantitative estimate of drug-likeness (QED) is 0.244. The number of pyridine rings is 1. The number of β-amino-alcohol motifs (C(OH)–C–C–N with tert-alkyl or cyclic N) is 1. The van der Waals surface area contributed by atoms with Crippen molar-refractivity contribution >= 4 is 34.9 Å². The fourth-order valence-corrected chi connectivity index (χ4v) is 4.32. The maximum atomic E-state index is 13.3. The zero-order valence-corrected chi connectivity index (χ0v) is 22.3. The van der Waals surface area contributed by atoms with Gasteiger partial charge in [0.2, 0.25) is 0 Å². The van der Waals surface area contributed by atoms with E-state index in [-0.39, 0.29) is 28.2 Å². The normalized spacial score (nSPS) is 22.8. The first-order valence-corrected chi connectivity index (χ1v) is 12.8. The first-order valence-electron chi connectivity index (χ1n) is 12.1. The second-order valence-corrected chi connectivity index (χ2v) is 9.58. The minimum Gasteiger partial charge on any atom is -0.392 e. The number of aliphatic hydroxyl groups is 1. The zero-order valence-electron chi connectivity index (χ0n) is 20.8. The Morgan fingerprint density at radius 1 is 1.41 bits per heavy atom. The van der Waals surface area contributed by atoms with Crippen molar-refractivity contribution in [3.8, 4) is 6.07 Å². The molecule has 194 valence electrons. The van der Waals surface area contributed by atoms with Crippen LogP contribution in [0.2, 0.25) is 10.2 Å². The van der Waals surface area contributed by atoms with E-state index < -0.39 is 0 Å². The molecule has 0 bridgehead atoms. The van der Waals surface area contributed by atoms with Gasteiger partial charge >= 0.3 is 6.03 Å². The number of anilines is 1. The lowest BCUT2D eigenvalue weighted by Gasteiger charge is -2.26. The number of likely N-dealkylation sites (tertiary alicyclic amines) is 1. The molecule has 0 radical (unpaired) electrons. The first kappa shape index (κ1) is 28.4. The highest BCUT2D eigenvalue weighted by molar-refractivity contribution is 6.41. The van der Waals surface area contributed by atoms with Crippen molar-refractivity contribution in [1.82, 2.24) is 14.8 Å². The van der Waals surface area contributed by atoms with E-state index in [1.807, 2.05) is 49.5 Å². The summed E-state index contributed by atoms with van der Waals surface area (Å²) in [6.07, 6.45) is 17.7. The van der Waals surface area contributed by atoms with Crippen LogP contribution in [0.4, 0.5) is 10.5 Å². The number of nitrogens with zero attached hydrogens (tertiary/aromatic N) is 4. The van der Waals surface area contributed by atoms with Crippen LogP contribution in [0.1, 0.15) is 19.8 Å². The molecule has 0 spiro atoms. The zero-order chi connectivity index (χ0) is 26.8. The largest absolute Gasteiger partial charge is 0.392 e. The number of hydrogen-bond donors (Lipinski definition) is 2. The fourth-order valence-electron chi connectivity index (χ4n) is 4.05. The smallest absolute Gasteiger partial charge is 0.326 e. The molecular weight excluding hydrogens is 509 g/mol. The predicted molar refractivity (Wildman–Crippen MR) is 149 cm³/mol. The number of amides is 2. The van der Waals surface area contributed by atoms with Gasteiger partial charge in [-0.2, -0.15) is 5.26 Å². The highest BCUT2D eigenvalue weighted by atomic mass is 35.5. The van der Waals surface area contributed by atoms with Gasteiger partial charge in [-0.1, -0.05) is 72.3 Å². The number of halogens is 2. The van der Waals surface area contributed by atoms with E-state index in [9.17, 15) is 9.90 Å². The number of nitriles is 1. The van der Waals surface area contributed by atoms with Gasteiger partial charge in [-0.25, -0.2) is 9.78 Å². The molecule has 1 aliphatic heterocycles. The maximum Gasteiger partial charge on any atom is 0.326 e. The Labute approximate surface area is 228 Å². The number of allylic oxidation sites excluding steroid dienone is 11. The van der Waals surface area contributed by atoms with Crippen molar-refractivity contribution < 1.29 is 9.90 Å². The molecule has 1 aromatic heterocycles. The van der Waals surface area contributed by atoms with Crippen LogP contribution < -0.4 is 5.32 Å². The van der Waals surface area contributed by atoms with Crippen LogP contribution in [0.15, 0.2) is 84.3 Å². The van der Waals surface area contributed by atoms with Crippen molar-refractivity contribution in [2.75, 3.05) is 31.5 Å². The minimum atomic E-state index is -0.333. The Morgan fingerprint density at radius 3 is 2.89 bits per heavy atom. The summed E-state index contributed by atoms with van der Waals surface area (Å²) in [4.78, 5) is 21.1. The second-order valence-electron chi connectivity index (χ2n) is 8.82. The second kappa shape index (κ2) is 14.0. The maximum absolute atomic E-state index is 13.3. The molecule has 2 unspecified atom stereocenters. The monoisotopic (exact) mass is 539 g/mol. The number of carbonyl (C=O) groups excluding carboxylic acids is 1. The van der Waals surface area contributed by atoms with Gasteiger partial charge in [0, 0.05) is 31.9 Å². The van der Waals surface area contributed by atoms with Gasteiger partial charge in [-0.05, 0) is 43.1 Å². The summed E-state index contributed by atoms with van der Waals surface area (Å²) in [5.74, 6) is -0.231. The number of carbonyl (C=O) groups is 1. The van der Waals surface area contributed by atoms with E-state index in [4.69, 9.17) is 28.5 Å². The van der Waals surface area contributed by atoms with Crippen molar-refractivity contribution in [3.63, 3.8) is 0 Å². The highest BCUT2D eigenvalue weighted by Gasteiger charge is 2.22. The van der Waals surface area contributed by atoms with Crippen molar-refractivity contribution in [2.24, 2.45) is 5.92 Å². The van der Waals surface area contributed by atoms with Gasteiger partial charge < -0.3 is 10.4 Å². The third kappa shape index (κ3) is 8.44. The number of aromatic nitrogens is 1. The molecular formula is C28H31Cl2N5O2. The minimum absolute atomic E-state index is 0.165. The van der Waals surface area contributed by atoms with E-state index >= 15 is 0 Å². The molecule has 37 heavy (non-hydrogen) atoms. The van der Waals surface area contributed by atoms with Crippen molar-refractivity contribution in [1.29, 1.82) is 5.26 Å². The standard InChI is InChI=1S/C28H31Cl2N5O2/c1-3-22(23-8-4-6-21(17-31)7-5-9-23)11-10-20(2)35(15-14-34-13-12-25(36)19-34)28(37)33-24-16-26(29)27(30)32-18-24/h3-8,10-11,16,18,21,25,36H,1,9,12-15,19H2,2H3,(H,33,37)/b6-4-,7-5?,20-10+,22-11+,23-8+. The van der Waals surface area contributed by atoms with Crippen LogP contribution in [0, 0.1) is 17.2 Å². The van der Waals surface area contributed by atoms with Gasteiger partial charge in [0.1, 0.15) is 5.15 Å². The Morgan fingerprint density at radius 2 is 2.22 bits per heavy atom. The molecule has 2 aliphatic rings. The summed E-state index contributed by atoms with van der Waals surface area (Å²) < 4.78 is 0. The van der Waals surface area contributed by atoms with E-state index in [1.54, 1.807) is 17.0 Å². The topological polar surface area (TPSA) is 92.5 Å². The van der Waals surface area contributed by atoms with Gasteiger partial charge in [-0.15, -0.1) is 0 Å². The average molecular weight is 540 g/mol. The van der Waals surface area contributed by atoms with Crippen LogP contribution in [0.3, 0.4) is 0 Å². The molecule has 2 heterocycles. The summed E-state index contributed by atoms with van der Waals surface area (Å²) >= 11 is 12.0. The van der Waals surface area contributed by atoms with Crippen molar-refractivity contribution in [3.05, 3.63) is 94.5 Å². The molecule has 9 heteroatoms. The van der Waals surface area contributed by atoms with E-state index in [0.29, 0.717) is 31.7 Å². The lowest BCUT2D eigenvalue weighted by molar-refractivity contribution is 0.172. The molecule has 1 saturated heterocycles. The summed E-state index contributed by atoms with van der Waals surface area (Å²) in [5.41, 5.74) is 3.13. The molecule has 1 aliphatic carbocycles. The summed E-state index contributed by atoms with van der Waals surface area (Å²) in [7, 11) is 0. The van der Waals surface area contributed by atoms with Gasteiger partial charge in [-0.3, -0.25) is 9.80 Å². The molecule has 2 N–H and O–H groups in total. The highest BCUT2D eigenvalue weighted by Crippen LogP contribution is 2.23.